The Morgan fingerprint density at radius 3 is 0.766 bits per heavy atom. The monoisotopic (exact) mass is 905 g/mol. The molecular formula is C58H112O6. The van der Waals surface area contributed by atoms with E-state index in [2.05, 4.69) is 34.6 Å². The minimum Gasteiger partial charge on any atom is -0.462 e. The predicted molar refractivity (Wildman–Crippen MR) is 275 cm³/mol. The Hall–Kier alpha value is -1.59. The van der Waals surface area contributed by atoms with E-state index in [0.717, 1.165) is 69.6 Å². The van der Waals surface area contributed by atoms with E-state index in [1.165, 1.54) is 212 Å². The number of esters is 3. The van der Waals surface area contributed by atoms with Gasteiger partial charge in [0.1, 0.15) is 13.2 Å². The van der Waals surface area contributed by atoms with Crippen LogP contribution in [0.15, 0.2) is 0 Å². The second kappa shape index (κ2) is 50.8. The van der Waals surface area contributed by atoms with Gasteiger partial charge in [0.05, 0.1) is 0 Å². The fourth-order valence-electron chi connectivity index (χ4n) is 8.87. The van der Waals surface area contributed by atoms with Gasteiger partial charge in [-0.2, -0.15) is 0 Å². The van der Waals surface area contributed by atoms with E-state index in [-0.39, 0.29) is 31.1 Å². The van der Waals surface area contributed by atoms with Crippen LogP contribution in [0.5, 0.6) is 0 Å². The van der Waals surface area contributed by atoms with Gasteiger partial charge in [-0.3, -0.25) is 14.4 Å². The lowest BCUT2D eigenvalue weighted by molar-refractivity contribution is -0.167. The van der Waals surface area contributed by atoms with Crippen LogP contribution in [0.4, 0.5) is 0 Å². The van der Waals surface area contributed by atoms with E-state index in [4.69, 9.17) is 14.2 Å². The third-order valence-corrected chi connectivity index (χ3v) is 13.2. The molecule has 380 valence electrons. The molecule has 0 aromatic heterocycles. The summed E-state index contributed by atoms with van der Waals surface area (Å²) in [6, 6.07) is 0. The largest absolute Gasteiger partial charge is 0.462 e. The van der Waals surface area contributed by atoms with Crippen molar-refractivity contribution in [1.82, 2.24) is 0 Å². The van der Waals surface area contributed by atoms with E-state index in [0.29, 0.717) is 19.3 Å². The lowest BCUT2D eigenvalue weighted by Gasteiger charge is -2.18. The maximum Gasteiger partial charge on any atom is 0.306 e. The van der Waals surface area contributed by atoms with Crippen molar-refractivity contribution in [3.05, 3.63) is 0 Å². The molecule has 64 heavy (non-hydrogen) atoms. The average Bonchev–Trinajstić information content (AvgIpc) is 3.27. The molecule has 0 aliphatic heterocycles. The number of ether oxygens (including phenoxy) is 3. The Balaban J connectivity index is 4.28. The number of carbonyl (C=O) groups excluding carboxylic acids is 3. The molecule has 0 amide bonds. The predicted octanol–water partition coefficient (Wildman–Crippen LogP) is 18.9. The highest BCUT2D eigenvalue weighted by atomic mass is 16.6. The number of unbranched alkanes of at least 4 members (excludes halogenated alkanes) is 37. The zero-order chi connectivity index (χ0) is 46.8. The van der Waals surface area contributed by atoms with E-state index in [1.807, 2.05) is 0 Å². The van der Waals surface area contributed by atoms with E-state index in [9.17, 15) is 14.4 Å². The normalized spacial score (nSPS) is 12.0. The van der Waals surface area contributed by atoms with Crippen LogP contribution in [-0.2, 0) is 28.6 Å². The van der Waals surface area contributed by atoms with E-state index >= 15 is 0 Å². The minimum atomic E-state index is -0.762. The molecule has 0 saturated carbocycles. The topological polar surface area (TPSA) is 78.9 Å². The minimum absolute atomic E-state index is 0.0629. The molecule has 0 N–H and O–H groups in total. The zero-order valence-corrected chi connectivity index (χ0v) is 43.9. The SMILES string of the molecule is CCCCCCCCCCCCCCCCCC(=O)OC[C@H](COC(=O)CCCCCCCCCCCCCCCCCC(C)C)OC(=O)CCCCCCCCCCCCC(C)C. The van der Waals surface area contributed by atoms with Crippen LogP contribution in [0.2, 0.25) is 0 Å². The molecule has 0 rings (SSSR count). The Labute approximate surface area is 399 Å². The van der Waals surface area contributed by atoms with Gasteiger partial charge in [-0.05, 0) is 31.1 Å². The van der Waals surface area contributed by atoms with Crippen LogP contribution in [0.3, 0.4) is 0 Å². The van der Waals surface area contributed by atoms with Gasteiger partial charge in [0, 0.05) is 19.3 Å². The van der Waals surface area contributed by atoms with Crippen LogP contribution in [0.1, 0.15) is 324 Å². The molecule has 0 unspecified atom stereocenters. The van der Waals surface area contributed by atoms with Crippen molar-refractivity contribution in [3.63, 3.8) is 0 Å². The molecule has 0 aromatic carbocycles. The average molecular weight is 906 g/mol. The molecule has 0 aliphatic rings. The molecule has 0 aliphatic carbocycles. The molecule has 0 saturated heterocycles. The van der Waals surface area contributed by atoms with Gasteiger partial charge in [0.2, 0.25) is 0 Å². The highest BCUT2D eigenvalue weighted by Gasteiger charge is 2.19. The zero-order valence-electron chi connectivity index (χ0n) is 43.9. The highest BCUT2D eigenvalue weighted by molar-refractivity contribution is 5.71. The van der Waals surface area contributed by atoms with Crippen molar-refractivity contribution in [2.45, 2.75) is 330 Å². The first kappa shape index (κ1) is 62.4. The van der Waals surface area contributed by atoms with Crippen molar-refractivity contribution in [2.24, 2.45) is 11.8 Å². The fraction of sp³-hybridized carbons (Fsp3) is 0.948. The Bertz CT molecular complexity index is 978. The standard InChI is InChI=1S/C58H112O6/c1-6-7-8-9-10-11-12-13-15-19-22-28-33-38-43-48-56(59)62-51-55(64-58(61)50-45-40-35-30-25-24-27-32-37-42-47-54(4)5)52-63-57(60)49-44-39-34-29-23-20-17-14-16-18-21-26-31-36-41-46-53(2)3/h53-55H,6-52H2,1-5H3/t55-/m1/s1. The summed E-state index contributed by atoms with van der Waals surface area (Å²) in [5.41, 5.74) is 0. The lowest BCUT2D eigenvalue weighted by atomic mass is 10.0. The summed E-state index contributed by atoms with van der Waals surface area (Å²) in [6.07, 6.45) is 53.8. The summed E-state index contributed by atoms with van der Waals surface area (Å²) in [4.78, 5) is 38.1. The molecule has 6 heteroatoms. The summed E-state index contributed by atoms with van der Waals surface area (Å²) < 4.78 is 16.9. The molecule has 0 radical (unpaired) electrons. The van der Waals surface area contributed by atoms with Crippen LogP contribution in [-0.4, -0.2) is 37.2 Å². The van der Waals surface area contributed by atoms with E-state index in [1.54, 1.807) is 0 Å². The Morgan fingerprint density at radius 1 is 0.297 bits per heavy atom. The smallest absolute Gasteiger partial charge is 0.306 e. The van der Waals surface area contributed by atoms with Crippen LogP contribution < -0.4 is 0 Å². The number of hydrogen-bond acceptors (Lipinski definition) is 6. The molecule has 0 spiro atoms. The maximum absolute atomic E-state index is 12.8. The summed E-state index contributed by atoms with van der Waals surface area (Å²) in [6.45, 7) is 11.4. The highest BCUT2D eigenvalue weighted by Crippen LogP contribution is 2.18. The van der Waals surface area contributed by atoms with Crippen LogP contribution in [0.25, 0.3) is 0 Å². The summed E-state index contributed by atoms with van der Waals surface area (Å²) in [5, 5.41) is 0. The van der Waals surface area contributed by atoms with Crippen LogP contribution >= 0.6 is 0 Å². The van der Waals surface area contributed by atoms with Crippen molar-refractivity contribution in [3.8, 4) is 0 Å². The molecule has 0 bridgehead atoms. The lowest BCUT2D eigenvalue weighted by Crippen LogP contribution is -2.30. The first-order chi connectivity index (χ1) is 31.2. The molecular weight excluding hydrogens is 793 g/mol. The number of hydrogen-bond donors (Lipinski definition) is 0. The van der Waals surface area contributed by atoms with Gasteiger partial charge in [0.25, 0.3) is 0 Å². The van der Waals surface area contributed by atoms with Crippen molar-refractivity contribution in [1.29, 1.82) is 0 Å². The summed E-state index contributed by atoms with van der Waals surface area (Å²) >= 11 is 0. The van der Waals surface area contributed by atoms with Crippen molar-refractivity contribution >= 4 is 17.9 Å². The van der Waals surface area contributed by atoms with E-state index < -0.39 is 6.10 Å². The first-order valence-electron chi connectivity index (χ1n) is 28.7. The van der Waals surface area contributed by atoms with Gasteiger partial charge in [-0.15, -0.1) is 0 Å². The van der Waals surface area contributed by atoms with Crippen molar-refractivity contribution in [2.75, 3.05) is 13.2 Å². The Kier molecular flexibility index (Phi) is 49.6. The summed E-state index contributed by atoms with van der Waals surface area (Å²) in [5.74, 6) is 0.825. The number of rotatable bonds is 52. The molecule has 0 aromatic rings. The summed E-state index contributed by atoms with van der Waals surface area (Å²) in [7, 11) is 0. The van der Waals surface area contributed by atoms with Gasteiger partial charge in [-0.25, -0.2) is 0 Å². The second-order valence-electron chi connectivity index (χ2n) is 20.9. The first-order valence-corrected chi connectivity index (χ1v) is 28.7. The van der Waals surface area contributed by atoms with Gasteiger partial charge < -0.3 is 14.2 Å². The Morgan fingerprint density at radius 2 is 0.516 bits per heavy atom. The third kappa shape index (κ3) is 51.4. The second-order valence-corrected chi connectivity index (χ2v) is 20.9. The molecule has 0 fully saturated rings. The fourth-order valence-corrected chi connectivity index (χ4v) is 8.87. The maximum atomic E-state index is 12.8. The van der Waals surface area contributed by atoms with Crippen LogP contribution in [0, 0.1) is 11.8 Å². The molecule has 6 nitrogen and oxygen atoms in total. The van der Waals surface area contributed by atoms with Gasteiger partial charge in [0.15, 0.2) is 6.10 Å². The van der Waals surface area contributed by atoms with Crippen molar-refractivity contribution < 1.29 is 28.6 Å². The number of carbonyl (C=O) groups is 3. The molecule has 0 heterocycles. The van der Waals surface area contributed by atoms with Gasteiger partial charge in [-0.1, -0.05) is 285 Å². The third-order valence-electron chi connectivity index (χ3n) is 13.2. The quantitative estimate of drug-likeness (QED) is 0.0344. The van der Waals surface area contributed by atoms with Gasteiger partial charge >= 0.3 is 17.9 Å². The molecule has 1 atom stereocenters.